The SMILES string of the molecule is N#Cc1ccc(N)c(NC[C@H]2CCC[C@@H](CNC(=O)O)C2)c1. The van der Waals surface area contributed by atoms with E-state index in [0.717, 1.165) is 37.9 Å². The predicted octanol–water partition coefficient (Wildman–Crippen LogP) is 2.63. The molecule has 22 heavy (non-hydrogen) atoms. The van der Waals surface area contributed by atoms with E-state index in [4.69, 9.17) is 16.1 Å². The Bertz CT molecular complexity index is 568. The van der Waals surface area contributed by atoms with E-state index in [-0.39, 0.29) is 0 Å². The number of carbonyl (C=O) groups is 1. The number of rotatable bonds is 5. The van der Waals surface area contributed by atoms with Crippen molar-refractivity contribution in [2.75, 3.05) is 24.1 Å². The number of amides is 1. The van der Waals surface area contributed by atoms with Crippen LogP contribution in [0.4, 0.5) is 16.2 Å². The third-order valence-electron chi connectivity index (χ3n) is 4.20. The van der Waals surface area contributed by atoms with Gasteiger partial charge in [0.1, 0.15) is 0 Å². The third-order valence-corrected chi connectivity index (χ3v) is 4.20. The molecular weight excluding hydrogens is 280 g/mol. The first-order chi connectivity index (χ1) is 10.6. The van der Waals surface area contributed by atoms with Gasteiger partial charge in [-0.05, 0) is 49.3 Å². The average Bonchev–Trinajstić information content (AvgIpc) is 2.52. The molecule has 1 aliphatic carbocycles. The molecule has 0 unspecified atom stereocenters. The van der Waals surface area contributed by atoms with Crippen LogP contribution in [0.25, 0.3) is 0 Å². The number of nitrogens with two attached hydrogens (primary N) is 1. The Morgan fingerprint density at radius 1 is 1.36 bits per heavy atom. The number of anilines is 2. The number of nitrogens with one attached hydrogen (secondary N) is 2. The fourth-order valence-electron chi connectivity index (χ4n) is 3.04. The lowest BCUT2D eigenvalue weighted by molar-refractivity contribution is 0.187. The molecule has 0 aromatic heterocycles. The Morgan fingerprint density at radius 3 is 2.77 bits per heavy atom. The predicted molar refractivity (Wildman–Crippen MR) is 85.5 cm³/mol. The molecular formula is C16H22N4O2. The Morgan fingerprint density at radius 2 is 2.09 bits per heavy atom. The number of carboxylic acid groups (broad SMARTS) is 1. The Labute approximate surface area is 130 Å². The highest BCUT2D eigenvalue weighted by Crippen LogP contribution is 2.29. The van der Waals surface area contributed by atoms with Gasteiger partial charge in [-0.25, -0.2) is 4.79 Å². The summed E-state index contributed by atoms with van der Waals surface area (Å²) in [7, 11) is 0. The quantitative estimate of drug-likeness (QED) is 0.625. The second-order valence-corrected chi connectivity index (χ2v) is 5.88. The van der Waals surface area contributed by atoms with Crippen molar-refractivity contribution in [1.82, 2.24) is 5.32 Å². The van der Waals surface area contributed by atoms with Crippen molar-refractivity contribution in [2.45, 2.75) is 25.7 Å². The molecule has 2 atom stereocenters. The lowest BCUT2D eigenvalue weighted by Crippen LogP contribution is -2.32. The first kappa shape index (κ1) is 16.0. The summed E-state index contributed by atoms with van der Waals surface area (Å²) in [5, 5.41) is 23.4. The minimum absolute atomic E-state index is 0.402. The molecule has 0 heterocycles. The molecule has 1 aliphatic rings. The summed E-state index contributed by atoms with van der Waals surface area (Å²) in [5.41, 5.74) is 7.94. The second kappa shape index (κ2) is 7.55. The number of nitrogen functional groups attached to an aromatic ring is 1. The van der Waals surface area contributed by atoms with E-state index in [2.05, 4.69) is 16.7 Å². The van der Waals surface area contributed by atoms with Crippen LogP contribution < -0.4 is 16.4 Å². The molecule has 5 N–H and O–H groups in total. The molecule has 6 nitrogen and oxygen atoms in total. The van der Waals surface area contributed by atoms with Gasteiger partial charge in [-0.15, -0.1) is 0 Å². The highest BCUT2D eigenvalue weighted by atomic mass is 16.4. The third kappa shape index (κ3) is 4.55. The summed E-state index contributed by atoms with van der Waals surface area (Å²) in [6.45, 7) is 1.32. The van der Waals surface area contributed by atoms with Crippen molar-refractivity contribution in [3.05, 3.63) is 23.8 Å². The monoisotopic (exact) mass is 302 g/mol. The largest absolute Gasteiger partial charge is 0.465 e. The zero-order chi connectivity index (χ0) is 15.9. The smallest absolute Gasteiger partial charge is 0.404 e. The van der Waals surface area contributed by atoms with Crippen LogP contribution in [-0.4, -0.2) is 24.3 Å². The van der Waals surface area contributed by atoms with Gasteiger partial charge in [-0.2, -0.15) is 5.26 Å². The van der Waals surface area contributed by atoms with Gasteiger partial charge >= 0.3 is 6.09 Å². The van der Waals surface area contributed by atoms with Crippen LogP contribution in [0.15, 0.2) is 18.2 Å². The minimum atomic E-state index is -0.957. The van der Waals surface area contributed by atoms with Gasteiger partial charge in [0.2, 0.25) is 0 Å². The van der Waals surface area contributed by atoms with Crippen molar-refractivity contribution in [3.63, 3.8) is 0 Å². The molecule has 0 aliphatic heterocycles. The topological polar surface area (TPSA) is 111 Å². The van der Waals surface area contributed by atoms with E-state index < -0.39 is 6.09 Å². The first-order valence-electron chi connectivity index (χ1n) is 7.58. The van der Waals surface area contributed by atoms with Crippen molar-refractivity contribution < 1.29 is 9.90 Å². The summed E-state index contributed by atoms with van der Waals surface area (Å²) in [6.07, 6.45) is 3.37. The van der Waals surface area contributed by atoms with Crippen LogP contribution in [0, 0.1) is 23.2 Å². The first-order valence-corrected chi connectivity index (χ1v) is 7.58. The number of benzene rings is 1. The van der Waals surface area contributed by atoms with Crippen LogP contribution in [0.2, 0.25) is 0 Å². The Kier molecular flexibility index (Phi) is 5.48. The van der Waals surface area contributed by atoms with Gasteiger partial charge in [0.25, 0.3) is 0 Å². The highest BCUT2D eigenvalue weighted by Gasteiger charge is 2.22. The van der Waals surface area contributed by atoms with E-state index >= 15 is 0 Å². The van der Waals surface area contributed by atoms with Crippen LogP contribution in [0.5, 0.6) is 0 Å². The van der Waals surface area contributed by atoms with Gasteiger partial charge in [-0.1, -0.05) is 6.42 Å². The molecule has 118 valence electrons. The zero-order valence-corrected chi connectivity index (χ0v) is 12.5. The Balaban J connectivity index is 1.86. The van der Waals surface area contributed by atoms with E-state index in [9.17, 15) is 4.79 Å². The molecule has 0 bridgehead atoms. The Hall–Kier alpha value is -2.42. The van der Waals surface area contributed by atoms with Gasteiger partial charge in [0, 0.05) is 13.1 Å². The number of nitriles is 1. The van der Waals surface area contributed by atoms with E-state index in [1.54, 1.807) is 18.2 Å². The van der Waals surface area contributed by atoms with Crippen molar-refractivity contribution >= 4 is 17.5 Å². The van der Waals surface area contributed by atoms with Crippen LogP contribution in [-0.2, 0) is 0 Å². The standard InChI is InChI=1S/C16H22N4O2/c17-8-11-4-5-14(18)15(7-11)19-9-12-2-1-3-13(6-12)10-20-16(21)22/h4-5,7,12-13,19-20H,1-3,6,9-10,18H2,(H,21,22)/t12-,13+/m0/s1. The molecule has 1 aromatic rings. The maximum absolute atomic E-state index is 10.6. The van der Waals surface area contributed by atoms with Gasteiger partial charge in [0.05, 0.1) is 23.0 Å². The van der Waals surface area contributed by atoms with Crippen LogP contribution in [0.1, 0.15) is 31.2 Å². The molecule has 6 heteroatoms. The lowest BCUT2D eigenvalue weighted by Gasteiger charge is -2.29. The molecule has 1 fully saturated rings. The molecule has 1 amide bonds. The lowest BCUT2D eigenvalue weighted by atomic mass is 9.81. The normalized spacial score (nSPS) is 20.9. The minimum Gasteiger partial charge on any atom is -0.465 e. The molecule has 2 rings (SSSR count). The van der Waals surface area contributed by atoms with Crippen molar-refractivity contribution in [1.29, 1.82) is 5.26 Å². The number of hydrogen-bond donors (Lipinski definition) is 4. The summed E-state index contributed by atoms with van der Waals surface area (Å²) < 4.78 is 0. The maximum atomic E-state index is 10.6. The average molecular weight is 302 g/mol. The van der Waals surface area contributed by atoms with E-state index in [1.165, 1.54) is 0 Å². The molecule has 0 saturated heterocycles. The van der Waals surface area contributed by atoms with E-state index in [1.807, 2.05) is 0 Å². The summed E-state index contributed by atoms with van der Waals surface area (Å²) in [6, 6.07) is 7.31. The molecule has 1 saturated carbocycles. The molecule has 0 radical (unpaired) electrons. The number of nitrogens with zero attached hydrogens (tertiary/aromatic N) is 1. The zero-order valence-electron chi connectivity index (χ0n) is 12.5. The van der Waals surface area contributed by atoms with Crippen molar-refractivity contribution in [2.24, 2.45) is 11.8 Å². The fraction of sp³-hybridized carbons (Fsp3) is 0.500. The van der Waals surface area contributed by atoms with E-state index in [0.29, 0.717) is 29.6 Å². The van der Waals surface area contributed by atoms with Crippen molar-refractivity contribution in [3.8, 4) is 6.07 Å². The fourth-order valence-corrected chi connectivity index (χ4v) is 3.04. The summed E-state index contributed by atoms with van der Waals surface area (Å²) in [4.78, 5) is 10.6. The van der Waals surface area contributed by atoms with Gasteiger partial charge in [0.15, 0.2) is 0 Å². The van der Waals surface area contributed by atoms with Crippen LogP contribution >= 0.6 is 0 Å². The molecule has 1 aromatic carbocycles. The van der Waals surface area contributed by atoms with Gasteiger partial charge in [-0.3, -0.25) is 0 Å². The second-order valence-electron chi connectivity index (χ2n) is 5.88. The summed E-state index contributed by atoms with van der Waals surface area (Å²) >= 11 is 0. The summed E-state index contributed by atoms with van der Waals surface area (Å²) in [5.74, 6) is 0.902. The molecule has 0 spiro atoms. The van der Waals surface area contributed by atoms with Gasteiger partial charge < -0.3 is 21.5 Å². The maximum Gasteiger partial charge on any atom is 0.404 e. The van der Waals surface area contributed by atoms with Crippen LogP contribution in [0.3, 0.4) is 0 Å². The number of hydrogen-bond acceptors (Lipinski definition) is 4. The highest BCUT2D eigenvalue weighted by molar-refractivity contribution is 5.68.